The van der Waals surface area contributed by atoms with Crippen molar-refractivity contribution in [2.45, 2.75) is 12.3 Å². The van der Waals surface area contributed by atoms with E-state index in [0.29, 0.717) is 11.3 Å². The van der Waals surface area contributed by atoms with Gasteiger partial charge in [0.15, 0.2) is 0 Å². The number of amides is 1. The smallest absolute Gasteiger partial charge is 0.401 e. The summed E-state index contributed by atoms with van der Waals surface area (Å²) in [5.41, 5.74) is 0.569. The average Bonchev–Trinajstić information content (AvgIpc) is 2.43. The molecule has 0 radical (unpaired) electrons. The summed E-state index contributed by atoms with van der Waals surface area (Å²) in [7, 11) is 1.51. The van der Waals surface area contributed by atoms with Crippen LogP contribution in [0.15, 0.2) is 24.3 Å². The standard InChI is InChI=1S/C13H17F3N2O3/c1-21-10-4-2-9(3-5-10)11(19)6-18-12(20)7-17-8-13(14,15)16/h2-5,11,17,19H,6-8H2,1H3,(H,18,20). The Labute approximate surface area is 120 Å². The van der Waals surface area contributed by atoms with Crippen LogP contribution in [0, 0.1) is 0 Å². The predicted molar refractivity (Wildman–Crippen MR) is 69.9 cm³/mol. The van der Waals surface area contributed by atoms with Crippen LogP contribution >= 0.6 is 0 Å². The van der Waals surface area contributed by atoms with Crippen molar-refractivity contribution in [2.75, 3.05) is 26.7 Å². The summed E-state index contributed by atoms with van der Waals surface area (Å²) in [6, 6.07) is 6.59. The number of nitrogens with one attached hydrogen (secondary N) is 2. The molecule has 0 aromatic heterocycles. The molecule has 0 saturated heterocycles. The lowest BCUT2D eigenvalue weighted by Crippen LogP contribution is -2.39. The summed E-state index contributed by atoms with van der Waals surface area (Å²) in [4.78, 5) is 11.3. The number of benzene rings is 1. The van der Waals surface area contributed by atoms with Crippen LogP contribution in [0.5, 0.6) is 5.75 Å². The first kappa shape index (κ1) is 17.3. The number of halogens is 3. The van der Waals surface area contributed by atoms with Gasteiger partial charge in [0.1, 0.15) is 5.75 Å². The first-order chi connectivity index (χ1) is 9.81. The molecule has 0 bridgehead atoms. The second-order valence-electron chi connectivity index (χ2n) is 4.31. The third kappa shape index (κ3) is 6.96. The molecule has 5 nitrogen and oxygen atoms in total. The second kappa shape index (κ2) is 7.84. The van der Waals surface area contributed by atoms with E-state index in [1.807, 2.05) is 5.32 Å². The highest BCUT2D eigenvalue weighted by molar-refractivity contribution is 5.78. The van der Waals surface area contributed by atoms with Crippen molar-refractivity contribution in [3.05, 3.63) is 29.8 Å². The molecule has 0 spiro atoms. The van der Waals surface area contributed by atoms with E-state index in [9.17, 15) is 23.1 Å². The number of hydrogen-bond donors (Lipinski definition) is 3. The largest absolute Gasteiger partial charge is 0.497 e. The number of aliphatic hydroxyl groups is 1. The molecule has 0 saturated carbocycles. The number of carbonyl (C=O) groups is 1. The molecule has 1 aromatic rings. The maximum atomic E-state index is 11.9. The van der Waals surface area contributed by atoms with Crippen molar-refractivity contribution in [1.29, 1.82) is 0 Å². The SMILES string of the molecule is COc1ccc(C(O)CNC(=O)CNCC(F)(F)F)cc1. The van der Waals surface area contributed by atoms with Crippen LogP contribution in [0.1, 0.15) is 11.7 Å². The van der Waals surface area contributed by atoms with Crippen molar-refractivity contribution in [2.24, 2.45) is 0 Å². The maximum absolute atomic E-state index is 11.9. The number of rotatable bonds is 7. The van der Waals surface area contributed by atoms with Crippen LogP contribution in [0.3, 0.4) is 0 Å². The number of alkyl halides is 3. The number of methoxy groups -OCH3 is 1. The maximum Gasteiger partial charge on any atom is 0.401 e. The molecule has 0 fully saturated rings. The van der Waals surface area contributed by atoms with Gasteiger partial charge in [-0.1, -0.05) is 12.1 Å². The van der Waals surface area contributed by atoms with E-state index in [-0.39, 0.29) is 6.54 Å². The van der Waals surface area contributed by atoms with Crippen LogP contribution in [0.2, 0.25) is 0 Å². The Morgan fingerprint density at radius 1 is 1.33 bits per heavy atom. The summed E-state index contributed by atoms with van der Waals surface area (Å²) in [5.74, 6) is 0.0122. The molecule has 0 aliphatic carbocycles. The molecule has 1 unspecified atom stereocenters. The van der Waals surface area contributed by atoms with Gasteiger partial charge in [-0.2, -0.15) is 13.2 Å². The molecular weight excluding hydrogens is 289 g/mol. The molecule has 21 heavy (non-hydrogen) atoms. The second-order valence-corrected chi connectivity index (χ2v) is 4.31. The third-order valence-corrected chi connectivity index (χ3v) is 2.60. The molecule has 8 heteroatoms. The number of hydrogen-bond acceptors (Lipinski definition) is 4. The predicted octanol–water partition coefficient (Wildman–Crippen LogP) is 0.997. The Morgan fingerprint density at radius 2 is 1.95 bits per heavy atom. The van der Waals surface area contributed by atoms with Crippen molar-refractivity contribution in [1.82, 2.24) is 10.6 Å². The van der Waals surface area contributed by atoms with Gasteiger partial charge in [0.25, 0.3) is 0 Å². The molecule has 1 amide bonds. The molecule has 1 aromatic carbocycles. The van der Waals surface area contributed by atoms with Gasteiger partial charge in [-0.15, -0.1) is 0 Å². The van der Waals surface area contributed by atoms with Crippen LogP contribution in [0.4, 0.5) is 13.2 Å². The lowest BCUT2D eigenvalue weighted by atomic mass is 10.1. The molecule has 118 valence electrons. The van der Waals surface area contributed by atoms with Gasteiger partial charge in [0.2, 0.25) is 5.91 Å². The fourth-order valence-corrected chi connectivity index (χ4v) is 1.53. The quantitative estimate of drug-likeness (QED) is 0.703. The normalized spacial score (nSPS) is 12.8. The van der Waals surface area contributed by atoms with E-state index < -0.39 is 31.3 Å². The van der Waals surface area contributed by atoms with Gasteiger partial charge in [-0.25, -0.2) is 0 Å². The van der Waals surface area contributed by atoms with Gasteiger partial charge < -0.3 is 20.5 Å². The molecule has 0 aliphatic rings. The molecular formula is C13H17F3N2O3. The topological polar surface area (TPSA) is 70.6 Å². The molecule has 1 rings (SSSR count). The Bertz CT molecular complexity index is 449. The van der Waals surface area contributed by atoms with Crippen LogP contribution in [-0.4, -0.2) is 43.9 Å². The van der Waals surface area contributed by atoms with E-state index in [1.54, 1.807) is 24.3 Å². The summed E-state index contributed by atoms with van der Waals surface area (Å²) in [6.07, 6.45) is -5.30. The molecule has 3 N–H and O–H groups in total. The van der Waals surface area contributed by atoms with E-state index in [2.05, 4.69) is 5.32 Å². The molecule has 0 heterocycles. The first-order valence-corrected chi connectivity index (χ1v) is 6.18. The zero-order chi connectivity index (χ0) is 15.9. The number of carbonyl (C=O) groups excluding carboxylic acids is 1. The van der Waals surface area contributed by atoms with Crippen molar-refractivity contribution >= 4 is 5.91 Å². The Morgan fingerprint density at radius 3 is 2.48 bits per heavy atom. The molecule has 0 aliphatic heterocycles. The van der Waals surface area contributed by atoms with Gasteiger partial charge in [0.05, 0.1) is 26.3 Å². The third-order valence-electron chi connectivity index (χ3n) is 2.60. The summed E-state index contributed by atoms with van der Waals surface area (Å²) in [5, 5.41) is 14.1. The van der Waals surface area contributed by atoms with Gasteiger partial charge in [0, 0.05) is 6.54 Å². The van der Waals surface area contributed by atoms with Crippen LogP contribution in [0.25, 0.3) is 0 Å². The van der Waals surface area contributed by atoms with Crippen molar-refractivity contribution < 1.29 is 27.8 Å². The van der Waals surface area contributed by atoms with Crippen molar-refractivity contribution in [3.8, 4) is 5.75 Å². The summed E-state index contributed by atoms with van der Waals surface area (Å²) < 4.78 is 40.5. The Kier molecular flexibility index (Phi) is 6.44. The Hall–Kier alpha value is -1.80. The Balaban J connectivity index is 2.31. The van der Waals surface area contributed by atoms with Crippen LogP contribution < -0.4 is 15.4 Å². The summed E-state index contributed by atoms with van der Waals surface area (Å²) >= 11 is 0. The van der Waals surface area contributed by atoms with Crippen LogP contribution in [-0.2, 0) is 4.79 Å². The lowest BCUT2D eigenvalue weighted by molar-refractivity contribution is -0.128. The number of aliphatic hydroxyl groups excluding tert-OH is 1. The highest BCUT2D eigenvalue weighted by Crippen LogP contribution is 2.16. The van der Waals surface area contributed by atoms with E-state index in [1.165, 1.54) is 7.11 Å². The zero-order valence-electron chi connectivity index (χ0n) is 11.4. The first-order valence-electron chi connectivity index (χ1n) is 6.18. The van der Waals surface area contributed by atoms with E-state index in [0.717, 1.165) is 0 Å². The van der Waals surface area contributed by atoms with Gasteiger partial charge in [-0.05, 0) is 17.7 Å². The zero-order valence-corrected chi connectivity index (χ0v) is 11.4. The van der Waals surface area contributed by atoms with E-state index >= 15 is 0 Å². The van der Waals surface area contributed by atoms with E-state index in [4.69, 9.17) is 4.74 Å². The highest BCUT2D eigenvalue weighted by atomic mass is 19.4. The number of ether oxygens (including phenoxy) is 1. The summed E-state index contributed by atoms with van der Waals surface area (Å²) in [6.45, 7) is -1.78. The minimum Gasteiger partial charge on any atom is -0.497 e. The van der Waals surface area contributed by atoms with Crippen molar-refractivity contribution in [3.63, 3.8) is 0 Å². The average molecular weight is 306 g/mol. The highest BCUT2D eigenvalue weighted by Gasteiger charge is 2.26. The van der Waals surface area contributed by atoms with Gasteiger partial charge >= 0.3 is 6.18 Å². The molecule has 1 atom stereocenters. The minimum atomic E-state index is -4.36. The monoisotopic (exact) mass is 306 g/mol. The fourth-order valence-electron chi connectivity index (χ4n) is 1.53. The fraction of sp³-hybridized carbons (Fsp3) is 0.462. The van der Waals surface area contributed by atoms with Gasteiger partial charge in [-0.3, -0.25) is 4.79 Å². The minimum absolute atomic E-state index is 0.0845. The lowest BCUT2D eigenvalue weighted by Gasteiger charge is -2.13.